The largest absolute Gasteiger partial charge is 0.344 e. The van der Waals surface area contributed by atoms with Crippen LogP contribution in [0.2, 0.25) is 0 Å². The van der Waals surface area contributed by atoms with Crippen LogP contribution in [0.1, 0.15) is 73.9 Å². The summed E-state index contributed by atoms with van der Waals surface area (Å²) in [6.45, 7) is 7.58. The van der Waals surface area contributed by atoms with Gasteiger partial charge in [0.2, 0.25) is 0 Å². The Bertz CT molecular complexity index is 702. The summed E-state index contributed by atoms with van der Waals surface area (Å²) in [7, 11) is 0. The fourth-order valence-electron chi connectivity index (χ4n) is 3.18. The first-order chi connectivity index (χ1) is 12.3. The molecular formula is C20H29N3O3. The first-order valence-corrected chi connectivity index (χ1v) is 9.33. The molecule has 142 valence electrons. The number of carbonyl (C=O) groups is 3. The van der Waals surface area contributed by atoms with Crippen LogP contribution in [0.4, 0.5) is 4.79 Å². The summed E-state index contributed by atoms with van der Waals surface area (Å²) >= 11 is 0. The molecule has 0 radical (unpaired) electrons. The molecule has 2 N–H and O–H groups in total. The van der Waals surface area contributed by atoms with Crippen LogP contribution in [-0.2, 0) is 4.79 Å². The highest BCUT2D eigenvalue weighted by Crippen LogP contribution is 2.23. The van der Waals surface area contributed by atoms with E-state index in [4.69, 9.17) is 0 Å². The molecule has 0 bridgehead atoms. The zero-order chi connectivity index (χ0) is 19.3. The molecule has 1 saturated heterocycles. The molecule has 1 fully saturated rings. The molecule has 1 heterocycles. The third kappa shape index (κ3) is 4.42. The number of nitrogens with one attached hydrogen (secondary N) is 2. The molecule has 0 aromatic heterocycles. The molecule has 4 amide bonds. The Morgan fingerprint density at radius 1 is 1.15 bits per heavy atom. The quantitative estimate of drug-likeness (QED) is 0.550. The molecule has 6 nitrogen and oxygen atoms in total. The highest BCUT2D eigenvalue weighted by molar-refractivity contribution is 6.09. The number of carbonyl (C=O) groups excluding carboxylic acids is 3. The van der Waals surface area contributed by atoms with Crippen molar-refractivity contribution in [1.82, 2.24) is 15.8 Å². The second-order valence-corrected chi connectivity index (χ2v) is 7.33. The fraction of sp³-hybridized carbons (Fsp3) is 0.550. The van der Waals surface area contributed by atoms with Gasteiger partial charge in [-0.25, -0.2) is 4.79 Å². The molecule has 2 rings (SSSR count). The molecule has 26 heavy (non-hydrogen) atoms. The predicted octanol–water partition coefficient (Wildman–Crippen LogP) is 3.62. The number of unbranched alkanes of at least 4 members (excludes halogenated alkanes) is 4. The number of aryl methyl sites for hydroxylation is 2. The highest BCUT2D eigenvalue weighted by atomic mass is 16.2. The first kappa shape index (κ1) is 19.9. The smallest absolute Gasteiger partial charge is 0.322 e. The number of hydrogen-bond donors (Lipinski definition) is 2. The molecule has 6 heteroatoms. The number of amides is 4. The van der Waals surface area contributed by atoms with Crippen molar-refractivity contribution in [3.63, 3.8) is 0 Å². The number of imide groups is 1. The van der Waals surface area contributed by atoms with E-state index in [9.17, 15) is 14.4 Å². The normalized spacial score (nSPS) is 19.6. The lowest BCUT2D eigenvalue weighted by molar-refractivity contribution is -0.132. The van der Waals surface area contributed by atoms with Gasteiger partial charge in [0.15, 0.2) is 0 Å². The number of hydrogen-bond acceptors (Lipinski definition) is 3. The molecule has 1 aliphatic rings. The van der Waals surface area contributed by atoms with Crippen LogP contribution in [0.25, 0.3) is 0 Å². The summed E-state index contributed by atoms with van der Waals surface area (Å²) in [5.74, 6) is -0.862. The molecule has 0 aliphatic carbocycles. The van der Waals surface area contributed by atoms with E-state index < -0.39 is 23.4 Å². The Balaban J connectivity index is 2.02. The van der Waals surface area contributed by atoms with Gasteiger partial charge in [0, 0.05) is 5.56 Å². The van der Waals surface area contributed by atoms with E-state index >= 15 is 0 Å². The van der Waals surface area contributed by atoms with Gasteiger partial charge in [0.25, 0.3) is 11.8 Å². The molecule has 1 aliphatic heterocycles. The summed E-state index contributed by atoms with van der Waals surface area (Å²) in [6.07, 6.45) is 5.92. The highest BCUT2D eigenvalue weighted by Gasteiger charge is 2.48. The molecule has 0 spiro atoms. The van der Waals surface area contributed by atoms with Crippen molar-refractivity contribution in [1.29, 1.82) is 0 Å². The van der Waals surface area contributed by atoms with Crippen molar-refractivity contribution in [2.24, 2.45) is 0 Å². The summed E-state index contributed by atoms with van der Waals surface area (Å²) in [4.78, 5) is 37.5. The van der Waals surface area contributed by atoms with Crippen LogP contribution in [0.15, 0.2) is 18.2 Å². The number of benzene rings is 1. The lowest BCUT2D eigenvalue weighted by atomic mass is 9.94. The minimum Gasteiger partial charge on any atom is -0.322 e. The van der Waals surface area contributed by atoms with Crippen LogP contribution in [0.3, 0.4) is 0 Å². The summed E-state index contributed by atoms with van der Waals surface area (Å²) in [5.41, 5.74) is 3.69. The van der Waals surface area contributed by atoms with E-state index in [1.54, 1.807) is 13.0 Å². The standard InChI is InChI=1S/C20H29N3O3/c1-5-6-7-8-9-12-20(4)18(25)23(19(26)21-20)22-17(24)16-13-14(2)10-11-15(16)3/h10-11,13H,5-9,12H2,1-4H3,(H,21,26)(H,22,24). The van der Waals surface area contributed by atoms with Crippen LogP contribution < -0.4 is 10.7 Å². The van der Waals surface area contributed by atoms with Crippen LogP contribution >= 0.6 is 0 Å². The lowest BCUT2D eigenvalue weighted by Crippen LogP contribution is -2.48. The minimum atomic E-state index is -0.960. The summed E-state index contributed by atoms with van der Waals surface area (Å²) < 4.78 is 0. The average Bonchev–Trinajstić information content (AvgIpc) is 2.80. The van der Waals surface area contributed by atoms with Crippen LogP contribution in [0.5, 0.6) is 0 Å². The SMILES string of the molecule is CCCCCCCC1(C)NC(=O)N(NC(=O)c2cc(C)ccc2C)C1=O. The van der Waals surface area contributed by atoms with E-state index in [0.29, 0.717) is 12.0 Å². The Kier molecular flexibility index (Phi) is 6.40. The van der Waals surface area contributed by atoms with Gasteiger partial charge in [-0.2, -0.15) is 5.01 Å². The van der Waals surface area contributed by atoms with E-state index in [1.165, 1.54) is 6.42 Å². The first-order valence-electron chi connectivity index (χ1n) is 9.33. The monoisotopic (exact) mass is 359 g/mol. The Morgan fingerprint density at radius 3 is 2.54 bits per heavy atom. The second kappa shape index (κ2) is 8.34. The second-order valence-electron chi connectivity index (χ2n) is 7.33. The number of urea groups is 1. The van der Waals surface area contributed by atoms with Gasteiger partial charge in [-0.3, -0.25) is 15.0 Å². The topological polar surface area (TPSA) is 78.5 Å². The van der Waals surface area contributed by atoms with Crippen LogP contribution in [0, 0.1) is 13.8 Å². The maximum absolute atomic E-state index is 12.7. The van der Waals surface area contributed by atoms with Gasteiger partial charge >= 0.3 is 6.03 Å². The van der Waals surface area contributed by atoms with Crippen molar-refractivity contribution in [3.05, 3.63) is 34.9 Å². The van der Waals surface area contributed by atoms with Crippen molar-refractivity contribution < 1.29 is 14.4 Å². The number of hydrazine groups is 1. The van der Waals surface area contributed by atoms with Gasteiger partial charge in [-0.15, -0.1) is 0 Å². The molecule has 1 aromatic rings. The van der Waals surface area contributed by atoms with Gasteiger partial charge < -0.3 is 5.32 Å². The van der Waals surface area contributed by atoms with Gasteiger partial charge in [-0.1, -0.05) is 56.7 Å². The summed E-state index contributed by atoms with van der Waals surface area (Å²) in [5, 5.41) is 3.54. The van der Waals surface area contributed by atoms with Gasteiger partial charge in [0.05, 0.1) is 0 Å². The Morgan fingerprint density at radius 2 is 1.85 bits per heavy atom. The molecular weight excluding hydrogens is 330 g/mol. The molecule has 0 saturated carbocycles. The van der Waals surface area contributed by atoms with E-state index in [0.717, 1.165) is 41.8 Å². The predicted molar refractivity (Wildman–Crippen MR) is 101 cm³/mol. The third-order valence-corrected chi connectivity index (χ3v) is 4.89. The van der Waals surface area contributed by atoms with E-state index in [2.05, 4.69) is 17.7 Å². The van der Waals surface area contributed by atoms with Gasteiger partial charge in [-0.05, 0) is 38.8 Å². The Hall–Kier alpha value is -2.37. The molecule has 1 atom stereocenters. The van der Waals surface area contributed by atoms with E-state index in [-0.39, 0.29) is 0 Å². The van der Waals surface area contributed by atoms with Crippen molar-refractivity contribution in [2.45, 2.75) is 71.8 Å². The maximum atomic E-state index is 12.7. The van der Waals surface area contributed by atoms with Crippen LogP contribution in [-0.4, -0.2) is 28.4 Å². The van der Waals surface area contributed by atoms with Crippen molar-refractivity contribution in [2.75, 3.05) is 0 Å². The fourth-order valence-corrected chi connectivity index (χ4v) is 3.18. The zero-order valence-corrected chi connectivity index (χ0v) is 16.1. The Labute approximate surface area is 155 Å². The minimum absolute atomic E-state index is 0.406. The zero-order valence-electron chi connectivity index (χ0n) is 16.1. The van der Waals surface area contributed by atoms with Crippen molar-refractivity contribution >= 4 is 17.8 Å². The summed E-state index contributed by atoms with van der Waals surface area (Å²) in [6, 6.07) is 4.92. The van der Waals surface area contributed by atoms with E-state index in [1.807, 2.05) is 26.0 Å². The maximum Gasteiger partial charge on any atom is 0.344 e. The number of nitrogens with zero attached hydrogens (tertiary/aromatic N) is 1. The lowest BCUT2D eigenvalue weighted by Gasteiger charge is -2.21. The number of rotatable bonds is 8. The molecule has 1 unspecified atom stereocenters. The third-order valence-electron chi connectivity index (χ3n) is 4.89. The molecule has 1 aromatic carbocycles. The van der Waals surface area contributed by atoms with Gasteiger partial charge in [0.1, 0.15) is 5.54 Å². The average molecular weight is 359 g/mol. The van der Waals surface area contributed by atoms with Crippen molar-refractivity contribution in [3.8, 4) is 0 Å².